The van der Waals surface area contributed by atoms with Gasteiger partial charge in [0, 0.05) is 20.1 Å². The Hall–Kier alpha value is -1.67. The van der Waals surface area contributed by atoms with Crippen LogP contribution in [0.5, 0.6) is 6.01 Å². The highest BCUT2D eigenvalue weighted by atomic mass is 16.5. The summed E-state index contributed by atoms with van der Waals surface area (Å²) >= 11 is 0. The molecule has 8 heteroatoms. The highest BCUT2D eigenvalue weighted by Crippen LogP contribution is 2.17. The number of hydrogen-bond donors (Lipinski definition) is 2. The van der Waals surface area contributed by atoms with Crippen molar-refractivity contribution >= 4 is 11.9 Å². The molecule has 0 aromatic carbocycles. The lowest BCUT2D eigenvalue weighted by atomic mass is 10.3. The van der Waals surface area contributed by atoms with Gasteiger partial charge < -0.3 is 24.8 Å². The average Bonchev–Trinajstić information content (AvgIpc) is 2.52. The second-order valence-electron chi connectivity index (χ2n) is 4.46. The van der Waals surface area contributed by atoms with Crippen molar-refractivity contribution in [3.8, 4) is 6.01 Å². The Kier molecular flexibility index (Phi) is 5.31. The molecule has 0 bridgehead atoms. The summed E-state index contributed by atoms with van der Waals surface area (Å²) in [4.78, 5) is 14.8. The van der Waals surface area contributed by atoms with Crippen molar-refractivity contribution in [3.63, 3.8) is 0 Å². The second kappa shape index (κ2) is 7.20. The maximum absolute atomic E-state index is 9.19. The molecule has 0 amide bonds. The van der Waals surface area contributed by atoms with Crippen LogP contribution in [-0.4, -0.2) is 66.1 Å². The van der Waals surface area contributed by atoms with Crippen molar-refractivity contribution in [2.75, 3.05) is 50.2 Å². The first-order valence-corrected chi connectivity index (χ1v) is 6.80. The van der Waals surface area contributed by atoms with Crippen LogP contribution < -0.4 is 15.0 Å². The molecule has 2 heterocycles. The molecule has 2 N–H and O–H groups in total. The van der Waals surface area contributed by atoms with Gasteiger partial charge in [-0.2, -0.15) is 15.0 Å². The van der Waals surface area contributed by atoms with Crippen LogP contribution in [0.25, 0.3) is 0 Å². The third-order valence-corrected chi connectivity index (χ3v) is 2.89. The molecule has 0 spiro atoms. The van der Waals surface area contributed by atoms with Crippen LogP contribution in [0.15, 0.2) is 0 Å². The number of ether oxygens (including phenoxy) is 2. The van der Waals surface area contributed by atoms with Crippen LogP contribution >= 0.6 is 0 Å². The van der Waals surface area contributed by atoms with Crippen molar-refractivity contribution in [1.82, 2.24) is 15.0 Å². The number of aliphatic hydroxyl groups excluding tert-OH is 1. The lowest BCUT2D eigenvalue weighted by molar-refractivity contribution is 0.00310. The number of anilines is 2. The lowest BCUT2D eigenvalue weighted by Gasteiger charge is -2.32. The molecule has 112 valence electrons. The summed E-state index contributed by atoms with van der Waals surface area (Å²) in [5.41, 5.74) is 0. The van der Waals surface area contributed by atoms with E-state index in [1.165, 1.54) is 0 Å². The van der Waals surface area contributed by atoms with Crippen LogP contribution in [0.1, 0.15) is 13.3 Å². The molecule has 1 aromatic heterocycles. The van der Waals surface area contributed by atoms with Crippen molar-refractivity contribution in [3.05, 3.63) is 0 Å². The number of nitrogens with zero attached hydrogens (tertiary/aromatic N) is 4. The molecule has 8 nitrogen and oxygen atoms in total. The summed E-state index contributed by atoms with van der Waals surface area (Å²) < 4.78 is 10.9. The molecule has 0 aliphatic carbocycles. The van der Waals surface area contributed by atoms with E-state index in [0.717, 1.165) is 6.42 Å². The Bertz CT molecular complexity index is 432. The maximum Gasteiger partial charge on any atom is 0.323 e. The van der Waals surface area contributed by atoms with E-state index in [1.54, 1.807) is 7.05 Å². The standard InChI is InChI=1S/C12H21N5O3/c1-3-5-20-12-15-10(13-2)14-11(16-12)17-4-6-19-9(7-17)8-18/h9,18H,3-8H2,1-2H3,(H,13,14,15,16). The van der Waals surface area contributed by atoms with Gasteiger partial charge in [0.25, 0.3) is 0 Å². The smallest absolute Gasteiger partial charge is 0.323 e. The van der Waals surface area contributed by atoms with Crippen molar-refractivity contribution in [2.24, 2.45) is 0 Å². The summed E-state index contributed by atoms with van der Waals surface area (Å²) in [5.74, 6) is 1.00. The van der Waals surface area contributed by atoms with E-state index in [1.807, 2.05) is 11.8 Å². The molecule has 1 saturated heterocycles. The zero-order valence-electron chi connectivity index (χ0n) is 11.9. The van der Waals surface area contributed by atoms with Gasteiger partial charge >= 0.3 is 6.01 Å². The third-order valence-electron chi connectivity index (χ3n) is 2.89. The SMILES string of the molecule is CCCOc1nc(NC)nc(N2CCOC(CO)C2)n1. The Morgan fingerprint density at radius 2 is 2.30 bits per heavy atom. The fourth-order valence-corrected chi connectivity index (χ4v) is 1.87. The van der Waals surface area contributed by atoms with Crippen molar-refractivity contribution < 1.29 is 14.6 Å². The summed E-state index contributed by atoms with van der Waals surface area (Å²) in [6, 6.07) is 0.313. The van der Waals surface area contributed by atoms with Crippen LogP contribution in [0.2, 0.25) is 0 Å². The number of hydrogen-bond acceptors (Lipinski definition) is 8. The van der Waals surface area contributed by atoms with E-state index >= 15 is 0 Å². The molecule has 1 fully saturated rings. The van der Waals surface area contributed by atoms with Gasteiger partial charge in [0.2, 0.25) is 11.9 Å². The Morgan fingerprint density at radius 1 is 1.45 bits per heavy atom. The molecule has 1 atom stereocenters. The first-order chi connectivity index (χ1) is 9.76. The maximum atomic E-state index is 9.19. The minimum atomic E-state index is -0.210. The lowest BCUT2D eigenvalue weighted by Crippen LogP contribution is -2.45. The molecule has 2 rings (SSSR count). The highest BCUT2D eigenvalue weighted by Gasteiger charge is 2.23. The number of morpholine rings is 1. The van der Waals surface area contributed by atoms with Gasteiger partial charge in [0.05, 0.1) is 25.9 Å². The largest absolute Gasteiger partial charge is 0.463 e. The van der Waals surface area contributed by atoms with E-state index in [9.17, 15) is 5.11 Å². The molecule has 1 aliphatic rings. The minimum absolute atomic E-state index is 0.0142. The van der Waals surface area contributed by atoms with Crippen LogP contribution in [0.4, 0.5) is 11.9 Å². The van der Waals surface area contributed by atoms with E-state index in [0.29, 0.717) is 44.2 Å². The molecule has 0 radical (unpaired) electrons. The predicted octanol–water partition coefficient (Wildman–Crippen LogP) is -0.100. The zero-order chi connectivity index (χ0) is 14.4. The van der Waals surface area contributed by atoms with Gasteiger partial charge in [-0.15, -0.1) is 0 Å². The first-order valence-electron chi connectivity index (χ1n) is 6.80. The van der Waals surface area contributed by atoms with E-state index < -0.39 is 0 Å². The van der Waals surface area contributed by atoms with E-state index in [4.69, 9.17) is 9.47 Å². The zero-order valence-corrected chi connectivity index (χ0v) is 11.9. The second-order valence-corrected chi connectivity index (χ2v) is 4.46. The fourth-order valence-electron chi connectivity index (χ4n) is 1.87. The third kappa shape index (κ3) is 3.67. The average molecular weight is 283 g/mol. The number of aliphatic hydroxyl groups is 1. The van der Waals surface area contributed by atoms with Crippen molar-refractivity contribution in [2.45, 2.75) is 19.4 Å². The molecule has 0 saturated carbocycles. The predicted molar refractivity (Wildman–Crippen MR) is 74.2 cm³/mol. The van der Waals surface area contributed by atoms with Gasteiger partial charge in [-0.1, -0.05) is 6.92 Å². The minimum Gasteiger partial charge on any atom is -0.463 e. The number of aromatic nitrogens is 3. The van der Waals surface area contributed by atoms with E-state index in [2.05, 4.69) is 20.3 Å². The Morgan fingerprint density at radius 3 is 3.00 bits per heavy atom. The van der Waals surface area contributed by atoms with Gasteiger partial charge in [-0.25, -0.2) is 0 Å². The highest BCUT2D eigenvalue weighted by molar-refractivity contribution is 5.38. The van der Waals surface area contributed by atoms with Gasteiger partial charge in [-0.3, -0.25) is 0 Å². The number of rotatable bonds is 6. The summed E-state index contributed by atoms with van der Waals surface area (Å²) in [7, 11) is 1.75. The fraction of sp³-hybridized carbons (Fsp3) is 0.750. The molecular formula is C12H21N5O3. The molecule has 20 heavy (non-hydrogen) atoms. The molecular weight excluding hydrogens is 262 g/mol. The topological polar surface area (TPSA) is 92.6 Å². The Labute approximate surface area is 118 Å². The van der Waals surface area contributed by atoms with Crippen LogP contribution in [-0.2, 0) is 4.74 Å². The Balaban J connectivity index is 2.16. The van der Waals surface area contributed by atoms with Crippen molar-refractivity contribution in [1.29, 1.82) is 0 Å². The monoisotopic (exact) mass is 283 g/mol. The summed E-state index contributed by atoms with van der Waals surface area (Å²) in [6.07, 6.45) is 0.679. The first kappa shape index (κ1) is 14.7. The van der Waals surface area contributed by atoms with Crippen LogP contribution in [0, 0.1) is 0 Å². The number of nitrogens with one attached hydrogen (secondary N) is 1. The quantitative estimate of drug-likeness (QED) is 0.747. The molecule has 1 aromatic rings. The normalized spacial score (nSPS) is 18.9. The van der Waals surface area contributed by atoms with Gasteiger partial charge in [0.1, 0.15) is 0 Å². The van der Waals surface area contributed by atoms with Gasteiger partial charge in [-0.05, 0) is 6.42 Å². The molecule has 1 unspecified atom stereocenters. The summed E-state index contributed by atoms with van der Waals surface area (Å²) in [5, 5.41) is 12.1. The van der Waals surface area contributed by atoms with Gasteiger partial charge in [0.15, 0.2) is 0 Å². The van der Waals surface area contributed by atoms with E-state index in [-0.39, 0.29) is 12.7 Å². The summed E-state index contributed by atoms with van der Waals surface area (Å²) in [6.45, 7) is 4.34. The molecule has 1 aliphatic heterocycles. The van der Waals surface area contributed by atoms with Crippen LogP contribution in [0.3, 0.4) is 0 Å².